The van der Waals surface area contributed by atoms with Crippen LogP contribution in [0.2, 0.25) is 0 Å². The molecule has 0 fully saturated rings. The third-order valence-corrected chi connectivity index (χ3v) is 4.26. The van der Waals surface area contributed by atoms with Gasteiger partial charge in [-0.15, -0.1) is 0 Å². The van der Waals surface area contributed by atoms with E-state index in [4.69, 9.17) is 14.2 Å². The van der Waals surface area contributed by atoms with E-state index in [9.17, 15) is 19.7 Å². The fourth-order valence-electron chi connectivity index (χ4n) is 2.21. The highest BCUT2D eigenvalue weighted by Gasteiger charge is 2.12. The number of hydrogen-bond acceptors (Lipinski definition) is 7. The molecule has 0 atom stereocenters. The first-order valence-corrected chi connectivity index (χ1v) is 8.94. The molecule has 2 aromatic rings. The van der Waals surface area contributed by atoms with E-state index in [1.54, 1.807) is 18.2 Å². The van der Waals surface area contributed by atoms with Crippen LogP contribution in [0.15, 0.2) is 46.9 Å². The maximum absolute atomic E-state index is 11.9. The van der Waals surface area contributed by atoms with Gasteiger partial charge in [0.25, 0.3) is 11.6 Å². The van der Waals surface area contributed by atoms with Gasteiger partial charge in [-0.05, 0) is 45.8 Å². The molecule has 0 saturated heterocycles. The van der Waals surface area contributed by atoms with E-state index in [1.807, 2.05) is 0 Å². The van der Waals surface area contributed by atoms with Crippen LogP contribution in [-0.2, 0) is 14.3 Å². The van der Waals surface area contributed by atoms with E-state index in [0.717, 1.165) is 0 Å². The topological polar surface area (TPSA) is 117 Å². The summed E-state index contributed by atoms with van der Waals surface area (Å²) in [4.78, 5) is 33.9. The van der Waals surface area contributed by atoms with E-state index in [-0.39, 0.29) is 5.69 Å². The molecule has 10 heteroatoms. The minimum absolute atomic E-state index is 0.124. The van der Waals surface area contributed by atoms with Gasteiger partial charge in [0.1, 0.15) is 0 Å². The average Bonchev–Trinajstić information content (AvgIpc) is 2.71. The fourth-order valence-corrected chi connectivity index (χ4v) is 2.68. The molecule has 0 aliphatic carbocycles. The van der Waals surface area contributed by atoms with E-state index in [0.29, 0.717) is 27.2 Å². The predicted molar refractivity (Wildman–Crippen MR) is 109 cm³/mol. The van der Waals surface area contributed by atoms with Gasteiger partial charge in [-0.2, -0.15) is 0 Å². The van der Waals surface area contributed by atoms with Crippen molar-refractivity contribution in [1.29, 1.82) is 0 Å². The summed E-state index contributed by atoms with van der Waals surface area (Å²) >= 11 is 3.14. The van der Waals surface area contributed by atoms with Gasteiger partial charge in [0.15, 0.2) is 18.1 Å². The van der Waals surface area contributed by atoms with Crippen LogP contribution in [0.1, 0.15) is 5.56 Å². The molecule has 2 rings (SSSR count). The lowest BCUT2D eigenvalue weighted by Gasteiger charge is -2.08. The molecule has 0 bridgehead atoms. The summed E-state index contributed by atoms with van der Waals surface area (Å²) < 4.78 is 15.5. The number of amides is 1. The molecule has 152 valence electrons. The number of benzene rings is 2. The van der Waals surface area contributed by atoms with Gasteiger partial charge in [-0.3, -0.25) is 14.9 Å². The lowest BCUT2D eigenvalue weighted by Crippen LogP contribution is -2.20. The molecule has 1 N–H and O–H groups in total. The third kappa shape index (κ3) is 6.32. The largest absolute Gasteiger partial charge is 0.493 e. The molecular formula is C19H17BrN2O7. The first-order chi connectivity index (χ1) is 13.8. The van der Waals surface area contributed by atoms with Crippen molar-refractivity contribution in [1.82, 2.24) is 0 Å². The van der Waals surface area contributed by atoms with Crippen LogP contribution in [0, 0.1) is 10.1 Å². The Bertz CT molecular complexity index is 960. The Morgan fingerprint density at radius 2 is 1.86 bits per heavy atom. The van der Waals surface area contributed by atoms with Crippen molar-refractivity contribution in [3.8, 4) is 11.5 Å². The summed E-state index contributed by atoms with van der Waals surface area (Å²) in [5, 5.41) is 13.2. The molecule has 2 aromatic carbocycles. The number of anilines is 1. The number of non-ortho nitro benzene ring substituents is 1. The van der Waals surface area contributed by atoms with Crippen LogP contribution in [0.5, 0.6) is 11.5 Å². The molecule has 0 saturated carbocycles. The standard InChI is InChI=1S/C19H17BrN2O7/c1-27-16-7-3-12(9-17(16)28-2)4-8-19(24)29-11-18(23)21-15-6-5-13(22(25)26)10-14(15)20/h3-10H,11H2,1-2H3,(H,21,23)/b8-4+. The normalized spacial score (nSPS) is 10.4. The Labute approximate surface area is 174 Å². The zero-order valence-corrected chi connectivity index (χ0v) is 17.1. The van der Waals surface area contributed by atoms with Crippen molar-refractivity contribution in [2.45, 2.75) is 0 Å². The highest BCUT2D eigenvalue weighted by Crippen LogP contribution is 2.28. The number of nitrogens with zero attached hydrogens (tertiary/aromatic N) is 1. The average molecular weight is 465 g/mol. The minimum Gasteiger partial charge on any atom is -0.493 e. The van der Waals surface area contributed by atoms with E-state index in [1.165, 1.54) is 44.6 Å². The molecule has 9 nitrogen and oxygen atoms in total. The molecule has 0 aliphatic rings. The van der Waals surface area contributed by atoms with Crippen molar-refractivity contribution in [2.24, 2.45) is 0 Å². The Balaban J connectivity index is 1.89. The van der Waals surface area contributed by atoms with Crippen LogP contribution in [0.4, 0.5) is 11.4 Å². The second-order valence-electron chi connectivity index (χ2n) is 5.52. The Hall–Kier alpha value is -3.40. The number of rotatable bonds is 8. The van der Waals surface area contributed by atoms with Crippen LogP contribution in [0.25, 0.3) is 6.08 Å². The first-order valence-electron chi connectivity index (χ1n) is 8.14. The quantitative estimate of drug-likeness (QED) is 0.274. The van der Waals surface area contributed by atoms with Gasteiger partial charge >= 0.3 is 5.97 Å². The molecule has 0 spiro atoms. The molecule has 0 unspecified atom stereocenters. The maximum Gasteiger partial charge on any atom is 0.331 e. The molecule has 1 amide bonds. The highest BCUT2D eigenvalue weighted by molar-refractivity contribution is 9.10. The molecular weight excluding hydrogens is 448 g/mol. The minimum atomic E-state index is -0.710. The fraction of sp³-hybridized carbons (Fsp3) is 0.158. The summed E-state index contributed by atoms with van der Waals surface area (Å²) in [6.45, 7) is -0.515. The first kappa shape index (κ1) is 21.9. The van der Waals surface area contributed by atoms with E-state index in [2.05, 4.69) is 21.2 Å². The molecule has 0 aromatic heterocycles. The Kier molecular flexibility index (Phi) is 7.72. The van der Waals surface area contributed by atoms with Gasteiger partial charge in [0.2, 0.25) is 0 Å². The molecule has 29 heavy (non-hydrogen) atoms. The SMILES string of the molecule is COc1ccc(/C=C/C(=O)OCC(=O)Nc2ccc([N+](=O)[O-])cc2Br)cc1OC. The maximum atomic E-state index is 11.9. The number of hydrogen-bond donors (Lipinski definition) is 1. The van der Waals surface area contributed by atoms with Crippen LogP contribution in [-0.4, -0.2) is 37.6 Å². The van der Waals surface area contributed by atoms with Gasteiger partial charge in [-0.25, -0.2) is 4.79 Å². The second kappa shape index (κ2) is 10.2. The van der Waals surface area contributed by atoms with Crippen molar-refractivity contribution in [2.75, 3.05) is 26.1 Å². The van der Waals surface area contributed by atoms with Gasteiger partial charge < -0.3 is 19.5 Å². The number of nitrogens with one attached hydrogen (secondary N) is 1. The number of carbonyl (C=O) groups excluding carboxylic acids is 2. The number of esters is 1. The van der Waals surface area contributed by atoms with Crippen molar-refractivity contribution < 1.29 is 28.7 Å². The summed E-state index contributed by atoms with van der Waals surface area (Å²) in [6, 6.07) is 8.98. The second-order valence-corrected chi connectivity index (χ2v) is 6.38. The third-order valence-electron chi connectivity index (χ3n) is 3.60. The van der Waals surface area contributed by atoms with E-state index < -0.39 is 23.4 Å². The molecule has 0 radical (unpaired) electrons. The number of nitro groups is 1. The monoisotopic (exact) mass is 464 g/mol. The van der Waals surface area contributed by atoms with Crippen LogP contribution in [0.3, 0.4) is 0 Å². The van der Waals surface area contributed by atoms with Gasteiger partial charge in [0.05, 0.1) is 24.8 Å². The van der Waals surface area contributed by atoms with Gasteiger partial charge in [0, 0.05) is 22.7 Å². The molecule has 0 heterocycles. The number of nitro benzene ring substituents is 1. The number of ether oxygens (including phenoxy) is 3. The van der Waals surface area contributed by atoms with Crippen molar-refractivity contribution >= 4 is 45.3 Å². The smallest absolute Gasteiger partial charge is 0.331 e. The van der Waals surface area contributed by atoms with Crippen molar-refractivity contribution in [3.63, 3.8) is 0 Å². The van der Waals surface area contributed by atoms with Gasteiger partial charge in [-0.1, -0.05) is 6.07 Å². The Morgan fingerprint density at radius 1 is 1.14 bits per heavy atom. The number of methoxy groups -OCH3 is 2. The lowest BCUT2D eigenvalue weighted by molar-refractivity contribution is -0.384. The van der Waals surface area contributed by atoms with Crippen LogP contribution >= 0.6 is 15.9 Å². The lowest BCUT2D eigenvalue weighted by atomic mass is 10.2. The number of halogens is 1. The Morgan fingerprint density at radius 3 is 2.48 bits per heavy atom. The molecule has 0 aliphatic heterocycles. The zero-order valence-electron chi connectivity index (χ0n) is 15.5. The summed E-state index contributed by atoms with van der Waals surface area (Å²) in [5.74, 6) is -0.234. The summed E-state index contributed by atoms with van der Waals surface area (Å²) in [6.07, 6.45) is 2.69. The summed E-state index contributed by atoms with van der Waals surface area (Å²) in [5.41, 5.74) is 0.873. The summed E-state index contributed by atoms with van der Waals surface area (Å²) in [7, 11) is 3.02. The number of carbonyl (C=O) groups is 2. The highest BCUT2D eigenvalue weighted by atomic mass is 79.9. The van der Waals surface area contributed by atoms with Crippen molar-refractivity contribution in [3.05, 3.63) is 62.6 Å². The predicted octanol–water partition coefficient (Wildman–Crippen LogP) is 3.57. The van der Waals surface area contributed by atoms with E-state index >= 15 is 0 Å². The zero-order chi connectivity index (χ0) is 21.4. The van der Waals surface area contributed by atoms with Crippen LogP contribution < -0.4 is 14.8 Å².